The molecule has 10 atom stereocenters. The summed E-state index contributed by atoms with van der Waals surface area (Å²) >= 11 is 0. The number of allylic oxidation sites excluding steroid dienone is 2. The minimum Gasteiger partial charge on any atom is -0.457 e. The van der Waals surface area contributed by atoms with Crippen molar-refractivity contribution in [3.63, 3.8) is 0 Å². The first-order chi connectivity index (χ1) is 24.1. The number of rotatable bonds is 10. The Morgan fingerprint density at radius 2 is 1.80 bits per heavy atom. The summed E-state index contributed by atoms with van der Waals surface area (Å²) in [4.78, 5) is 30.6. The summed E-state index contributed by atoms with van der Waals surface area (Å²) in [5.41, 5.74) is -1.92. The smallest absolute Gasteiger partial charge is 0.410 e. The minimum absolute atomic E-state index is 0.0102. The Kier molecular flexibility index (Phi) is 15.2. The van der Waals surface area contributed by atoms with Gasteiger partial charge in [-0.25, -0.2) is 4.79 Å². The fourth-order valence-electron chi connectivity index (χ4n) is 7.88. The lowest BCUT2D eigenvalue weighted by atomic mass is 9.88. The van der Waals surface area contributed by atoms with Gasteiger partial charge in [0.05, 0.1) is 36.4 Å². The Morgan fingerprint density at radius 1 is 1.14 bits per heavy atom. The van der Waals surface area contributed by atoms with Gasteiger partial charge in [-0.15, -0.1) is 0 Å². The van der Waals surface area contributed by atoms with Crippen LogP contribution in [-0.2, 0) is 19.0 Å². The van der Waals surface area contributed by atoms with Gasteiger partial charge in [0.15, 0.2) is 6.10 Å². The third-order valence-corrected chi connectivity index (χ3v) is 11.5. The molecule has 3 aliphatic heterocycles. The maximum Gasteiger partial charge on any atom is 0.410 e. The van der Waals surface area contributed by atoms with Gasteiger partial charge in [-0.3, -0.25) is 9.69 Å². The predicted molar refractivity (Wildman–Crippen MR) is 196 cm³/mol. The molecule has 0 aromatic heterocycles. The van der Waals surface area contributed by atoms with Gasteiger partial charge in [-0.2, -0.15) is 0 Å². The molecule has 0 bridgehead atoms. The highest BCUT2D eigenvalue weighted by atomic mass is 16.6. The van der Waals surface area contributed by atoms with Crippen molar-refractivity contribution in [3.8, 4) is 0 Å². The average molecular weight is 719 g/mol. The topological polar surface area (TPSA) is 153 Å². The predicted octanol–water partition coefficient (Wildman–Crippen LogP) is 5.05. The van der Waals surface area contributed by atoms with E-state index in [1.807, 2.05) is 27.7 Å². The first-order valence-corrected chi connectivity index (χ1v) is 19.5. The van der Waals surface area contributed by atoms with Gasteiger partial charge in [0.1, 0.15) is 11.7 Å². The average Bonchev–Trinajstić information content (AvgIpc) is 3.89. The van der Waals surface area contributed by atoms with E-state index in [0.29, 0.717) is 37.5 Å². The first-order valence-electron chi connectivity index (χ1n) is 19.5. The van der Waals surface area contributed by atoms with Gasteiger partial charge in [0.2, 0.25) is 0 Å². The molecule has 4 rings (SSSR count). The maximum atomic E-state index is 13.5. The SMILES string of the molecule is CC[C@H](O)[C@@H](C)C1O[C@@H]1C[C@@](C)(O)/C=C/C=C(\C)[C@H]1OC(=O)C[C@H](O)CC[C@@](C)(O)[C@@H](OC(=O)N2CCN(C3CCCCCC3)CC2)/C=C/[C@@H]1C. The van der Waals surface area contributed by atoms with Crippen LogP contribution < -0.4 is 0 Å². The van der Waals surface area contributed by atoms with E-state index in [1.54, 1.807) is 49.1 Å². The summed E-state index contributed by atoms with van der Waals surface area (Å²) in [6.07, 6.45) is 13.4. The van der Waals surface area contributed by atoms with Crippen molar-refractivity contribution in [2.45, 2.75) is 166 Å². The van der Waals surface area contributed by atoms with E-state index in [2.05, 4.69) is 4.90 Å². The number of hydrogen-bond acceptors (Lipinski definition) is 10. The van der Waals surface area contributed by atoms with Gasteiger partial charge in [-0.05, 0) is 64.5 Å². The summed E-state index contributed by atoms with van der Waals surface area (Å²) in [7, 11) is 0. The van der Waals surface area contributed by atoms with Crippen LogP contribution >= 0.6 is 0 Å². The minimum atomic E-state index is -1.48. The Hall–Kier alpha value is -2.28. The van der Waals surface area contributed by atoms with E-state index >= 15 is 0 Å². The van der Waals surface area contributed by atoms with E-state index in [0.717, 1.165) is 13.1 Å². The van der Waals surface area contributed by atoms with Crippen molar-refractivity contribution in [1.82, 2.24) is 9.80 Å². The number of hydrogen-bond donors (Lipinski definition) is 4. The van der Waals surface area contributed by atoms with Crippen molar-refractivity contribution < 1.29 is 44.2 Å². The Morgan fingerprint density at radius 3 is 2.45 bits per heavy atom. The number of aliphatic hydroxyl groups excluding tert-OH is 2. The third-order valence-electron chi connectivity index (χ3n) is 11.5. The molecule has 0 radical (unpaired) electrons. The number of aliphatic hydroxyl groups is 4. The van der Waals surface area contributed by atoms with E-state index in [-0.39, 0.29) is 43.3 Å². The van der Waals surface area contributed by atoms with Crippen LogP contribution in [0.3, 0.4) is 0 Å². The molecule has 11 heteroatoms. The molecule has 4 N–H and O–H groups in total. The largest absolute Gasteiger partial charge is 0.457 e. The summed E-state index contributed by atoms with van der Waals surface area (Å²) in [6.45, 7) is 13.7. The second-order valence-electron chi connectivity index (χ2n) is 16.2. The number of ether oxygens (including phenoxy) is 3. The lowest BCUT2D eigenvalue weighted by Gasteiger charge is -2.40. The van der Waals surface area contributed by atoms with Gasteiger partial charge < -0.3 is 39.5 Å². The zero-order valence-corrected chi connectivity index (χ0v) is 31.9. The highest BCUT2D eigenvalue weighted by Gasteiger charge is 2.47. The molecule has 11 nitrogen and oxygen atoms in total. The van der Waals surface area contributed by atoms with Crippen LogP contribution in [0, 0.1) is 11.8 Å². The van der Waals surface area contributed by atoms with Crippen molar-refractivity contribution in [3.05, 3.63) is 36.0 Å². The highest BCUT2D eigenvalue weighted by molar-refractivity contribution is 5.70. The van der Waals surface area contributed by atoms with Gasteiger partial charge in [-0.1, -0.05) is 70.8 Å². The summed E-state index contributed by atoms with van der Waals surface area (Å²) in [6, 6.07) is 0.581. The third kappa shape index (κ3) is 12.4. The molecule has 51 heavy (non-hydrogen) atoms. The fraction of sp³-hybridized carbons (Fsp3) is 0.800. The molecule has 0 spiro atoms. The molecule has 3 fully saturated rings. The summed E-state index contributed by atoms with van der Waals surface area (Å²) in [5.74, 6) is -0.935. The van der Waals surface area contributed by atoms with Crippen molar-refractivity contribution in [1.29, 1.82) is 0 Å². The van der Waals surface area contributed by atoms with Crippen LogP contribution in [0.25, 0.3) is 0 Å². The van der Waals surface area contributed by atoms with Gasteiger partial charge >= 0.3 is 12.1 Å². The zero-order valence-electron chi connectivity index (χ0n) is 31.9. The molecule has 1 saturated carbocycles. The van der Waals surface area contributed by atoms with Crippen molar-refractivity contribution in [2.75, 3.05) is 26.2 Å². The van der Waals surface area contributed by atoms with Crippen LogP contribution in [0.5, 0.6) is 0 Å². The quantitative estimate of drug-likeness (QED) is 0.0794. The second-order valence-corrected chi connectivity index (χ2v) is 16.2. The van der Waals surface area contributed by atoms with Gasteiger partial charge in [0, 0.05) is 50.5 Å². The van der Waals surface area contributed by atoms with Crippen LogP contribution in [0.15, 0.2) is 36.0 Å². The molecule has 0 aromatic rings. The lowest BCUT2D eigenvalue weighted by molar-refractivity contribution is -0.151. The van der Waals surface area contributed by atoms with Crippen molar-refractivity contribution >= 4 is 12.1 Å². The van der Waals surface area contributed by atoms with Crippen LogP contribution in [0.4, 0.5) is 4.79 Å². The van der Waals surface area contributed by atoms with Gasteiger partial charge in [0.25, 0.3) is 0 Å². The molecule has 4 aliphatic rings. The Bertz CT molecular complexity index is 1220. The van der Waals surface area contributed by atoms with E-state index in [9.17, 15) is 30.0 Å². The molecule has 2 saturated heterocycles. The first kappa shape index (κ1) is 41.5. The second kappa shape index (κ2) is 18.7. The summed E-state index contributed by atoms with van der Waals surface area (Å²) in [5, 5.41) is 43.4. The number of amides is 1. The monoisotopic (exact) mass is 718 g/mol. The molecule has 3 heterocycles. The van der Waals surface area contributed by atoms with E-state index < -0.39 is 47.7 Å². The van der Waals surface area contributed by atoms with E-state index in [1.165, 1.54) is 38.5 Å². The molecule has 1 amide bonds. The normalized spacial score (nSPS) is 35.5. The fourth-order valence-corrected chi connectivity index (χ4v) is 7.88. The number of epoxide rings is 1. The van der Waals surface area contributed by atoms with Crippen molar-refractivity contribution in [2.24, 2.45) is 11.8 Å². The van der Waals surface area contributed by atoms with Crippen LogP contribution in [-0.4, -0.2) is 122 Å². The number of cyclic esters (lactones) is 1. The Labute approximate surface area is 305 Å². The molecular weight excluding hydrogens is 652 g/mol. The molecular formula is C40H66N2O9. The van der Waals surface area contributed by atoms with Crippen LogP contribution in [0.2, 0.25) is 0 Å². The lowest BCUT2D eigenvalue weighted by Crippen LogP contribution is -2.53. The molecule has 1 unspecified atom stereocenters. The molecule has 0 aromatic carbocycles. The maximum absolute atomic E-state index is 13.5. The van der Waals surface area contributed by atoms with E-state index in [4.69, 9.17) is 14.2 Å². The zero-order chi connectivity index (χ0) is 37.3. The molecule has 1 aliphatic carbocycles. The Balaban J connectivity index is 1.42. The molecule has 290 valence electrons. The number of carbonyl (C=O) groups excluding carboxylic acids is 2. The summed E-state index contributed by atoms with van der Waals surface area (Å²) < 4.78 is 17.7. The number of nitrogens with zero attached hydrogens (tertiary/aromatic N) is 2. The number of esters is 1. The standard InChI is InChI=1S/C40H66N2O9/c1-7-32(44)29(4)37-33(49-37)26-39(5,47)19-12-13-27(2)36-28(3)16-17-34(40(6,48)20-18-31(43)25-35(45)51-36)50-38(46)42-23-21-41(22-24-42)30-14-10-8-9-11-15-30/h12-13,16-17,19,28-34,36-37,43-44,47-48H,7-11,14-15,18,20-26H2,1-6H3/b17-16+,19-12+,27-13+/t28-,29+,31+,32-,33+,34-,36+,37?,39-,40+/m0/s1. The highest BCUT2D eigenvalue weighted by Crippen LogP contribution is 2.37. The van der Waals surface area contributed by atoms with Crippen LogP contribution in [0.1, 0.15) is 112 Å². The number of piperazine rings is 1. The number of carbonyl (C=O) groups is 2.